The molecule has 0 spiro atoms. The lowest BCUT2D eigenvalue weighted by molar-refractivity contribution is 0.143. The van der Waals surface area contributed by atoms with Gasteiger partial charge in [0.05, 0.1) is 22.2 Å². The van der Waals surface area contributed by atoms with Crippen LogP contribution in [-0.2, 0) is 10.0 Å². The Hall–Kier alpha value is -2.65. The molecule has 0 saturated heterocycles. The Bertz CT molecular complexity index is 1340. The van der Waals surface area contributed by atoms with Gasteiger partial charge in [-0.15, -0.1) is 0 Å². The molecule has 0 radical (unpaired) electrons. The highest BCUT2D eigenvalue weighted by molar-refractivity contribution is 7.92. The molecule has 3 heterocycles. The second kappa shape index (κ2) is 8.29. The Labute approximate surface area is 201 Å². The van der Waals surface area contributed by atoms with Crippen LogP contribution in [0.5, 0.6) is 0 Å². The van der Waals surface area contributed by atoms with E-state index in [0.717, 1.165) is 5.56 Å². The summed E-state index contributed by atoms with van der Waals surface area (Å²) in [5, 5.41) is 18.1. The lowest BCUT2D eigenvalue weighted by atomic mass is 9.95. The zero-order chi connectivity index (χ0) is 23.3. The molecule has 7 nitrogen and oxygen atoms in total. The molecule has 0 saturated carbocycles. The standard InChI is InChI=1S/C23H20Cl2N4O3S/c1-14-4-6-18(7-5-14)33(31,32)28-10-8-20-21(19-3-2-9-26-22(19)28)27-29(23(20)30)17-12-15(24)11-16(25)13-17/h2-7,9,11-13,20,23,30H,8,10H2,1H3. The first-order valence-corrected chi connectivity index (χ1v) is 12.5. The first-order valence-electron chi connectivity index (χ1n) is 10.3. The molecule has 5 rings (SSSR count). The third kappa shape index (κ3) is 3.87. The number of aromatic nitrogens is 1. The number of sulfonamides is 1. The summed E-state index contributed by atoms with van der Waals surface area (Å²) in [5.74, 6) is -0.138. The minimum absolute atomic E-state index is 0.144. The molecule has 170 valence electrons. The minimum Gasteiger partial charge on any atom is -0.371 e. The average molecular weight is 503 g/mol. The molecule has 2 aliphatic rings. The fourth-order valence-electron chi connectivity index (χ4n) is 4.21. The minimum atomic E-state index is -3.86. The summed E-state index contributed by atoms with van der Waals surface area (Å²) in [7, 11) is -3.86. The molecule has 0 amide bonds. The van der Waals surface area contributed by atoms with E-state index in [1.165, 1.54) is 9.31 Å². The van der Waals surface area contributed by atoms with Crippen LogP contribution in [0.2, 0.25) is 10.0 Å². The molecular weight excluding hydrogens is 483 g/mol. The van der Waals surface area contributed by atoms with Gasteiger partial charge in [0.25, 0.3) is 10.0 Å². The summed E-state index contributed by atoms with van der Waals surface area (Å²) in [5.41, 5.74) is 2.65. The van der Waals surface area contributed by atoms with Gasteiger partial charge in [-0.05, 0) is 55.8 Å². The SMILES string of the molecule is Cc1ccc(S(=O)(=O)N2CCC3C(=NN(c4cc(Cl)cc(Cl)c4)C3O)c3cccnc32)cc1. The van der Waals surface area contributed by atoms with Gasteiger partial charge >= 0.3 is 0 Å². The van der Waals surface area contributed by atoms with Gasteiger partial charge in [-0.3, -0.25) is 0 Å². The van der Waals surface area contributed by atoms with E-state index in [1.807, 2.05) is 6.92 Å². The quantitative estimate of drug-likeness (QED) is 0.571. The van der Waals surface area contributed by atoms with Crippen LogP contribution in [0.15, 0.2) is 70.8 Å². The molecule has 10 heteroatoms. The first kappa shape index (κ1) is 22.2. The fourth-order valence-corrected chi connectivity index (χ4v) is 6.18. The number of fused-ring (bicyclic) bond motifs is 3. The highest BCUT2D eigenvalue weighted by Crippen LogP contribution is 2.39. The molecule has 2 atom stereocenters. The van der Waals surface area contributed by atoms with Crippen molar-refractivity contribution in [3.05, 3.63) is 82.0 Å². The van der Waals surface area contributed by atoms with Crippen LogP contribution in [0.25, 0.3) is 0 Å². The summed E-state index contributed by atoms with van der Waals surface area (Å²) < 4.78 is 28.3. The summed E-state index contributed by atoms with van der Waals surface area (Å²) in [6.07, 6.45) is 0.897. The zero-order valence-corrected chi connectivity index (χ0v) is 19.9. The van der Waals surface area contributed by atoms with E-state index in [-0.39, 0.29) is 17.3 Å². The van der Waals surface area contributed by atoms with Crippen molar-refractivity contribution >= 4 is 50.4 Å². The van der Waals surface area contributed by atoms with E-state index in [4.69, 9.17) is 23.2 Å². The van der Waals surface area contributed by atoms with Crippen LogP contribution in [0, 0.1) is 12.8 Å². The molecule has 33 heavy (non-hydrogen) atoms. The van der Waals surface area contributed by atoms with Crippen LogP contribution in [0.1, 0.15) is 17.5 Å². The molecule has 0 bridgehead atoms. The number of benzene rings is 2. The number of aliphatic hydroxyl groups is 1. The van der Waals surface area contributed by atoms with E-state index in [9.17, 15) is 13.5 Å². The molecule has 3 aromatic rings. The van der Waals surface area contributed by atoms with Gasteiger partial charge in [0.2, 0.25) is 0 Å². The Morgan fingerprint density at radius 2 is 1.76 bits per heavy atom. The fraction of sp³-hybridized carbons (Fsp3) is 0.217. The third-order valence-corrected chi connectivity index (χ3v) is 8.08. The highest BCUT2D eigenvalue weighted by Gasteiger charge is 2.43. The van der Waals surface area contributed by atoms with E-state index in [2.05, 4.69) is 10.1 Å². The van der Waals surface area contributed by atoms with Gasteiger partial charge in [-0.25, -0.2) is 22.7 Å². The predicted octanol–water partition coefficient (Wildman–Crippen LogP) is 4.45. The van der Waals surface area contributed by atoms with Gasteiger partial charge < -0.3 is 5.11 Å². The van der Waals surface area contributed by atoms with Crippen molar-refractivity contribution in [2.45, 2.75) is 24.5 Å². The molecule has 0 aliphatic carbocycles. The number of hydrogen-bond acceptors (Lipinski definition) is 6. The van der Waals surface area contributed by atoms with Gasteiger partial charge in [-0.1, -0.05) is 40.9 Å². The predicted molar refractivity (Wildman–Crippen MR) is 130 cm³/mol. The van der Waals surface area contributed by atoms with Crippen molar-refractivity contribution in [2.24, 2.45) is 11.0 Å². The van der Waals surface area contributed by atoms with Crippen molar-refractivity contribution in [3.63, 3.8) is 0 Å². The van der Waals surface area contributed by atoms with E-state index in [1.54, 1.807) is 60.8 Å². The maximum atomic E-state index is 13.5. The summed E-state index contributed by atoms with van der Waals surface area (Å²) >= 11 is 12.3. The van der Waals surface area contributed by atoms with Crippen molar-refractivity contribution < 1.29 is 13.5 Å². The molecule has 1 N–H and O–H groups in total. The number of aryl methyl sites for hydroxylation is 1. The van der Waals surface area contributed by atoms with Crippen LogP contribution < -0.4 is 9.31 Å². The number of anilines is 2. The summed E-state index contributed by atoms with van der Waals surface area (Å²) in [4.78, 5) is 4.59. The molecular formula is C23H20Cl2N4O3S. The monoisotopic (exact) mass is 502 g/mol. The molecule has 0 fully saturated rings. The van der Waals surface area contributed by atoms with Crippen molar-refractivity contribution in [1.29, 1.82) is 0 Å². The second-order valence-corrected chi connectivity index (χ2v) is 10.8. The normalized spacial score (nSPS) is 20.2. The smallest absolute Gasteiger partial charge is 0.265 e. The molecule has 1 aromatic heterocycles. The number of aliphatic hydroxyl groups excluding tert-OH is 1. The molecule has 2 unspecified atom stereocenters. The number of hydrogen-bond donors (Lipinski definition) is 1. The van der Waals surface area contributed by atoms with Crippen LogP contribution in [0.3, 0.4) is 0 Å². The van der Waals surface area contributed by atoms with Crippen molar-refractivity contribution in [2.75, 3.05) is 15.9 Å². The van der Waals surface area contributed by atoms with Crippen LogP contribution in [0.4, 0.5) is 11.5 Å². The van der Waals surface area contributed by atoms with Gasteiger partial charge in [0.1, 0.15) is 0 Å². The largest absolute Gasteiger partial charge is 0.371 e. The maximum absolute atomic E-state index is 13.5. The van der Waals surface area contributed by atoms with Crippen molar-refractivity contribution in [3.8, 4) is 0 Å². The topological polar surface area (TPSA) is 86.1 Å². The molecule has 2 aliphatic heterocycles. The van der Waals surface area contributed by atoms with Crippen LogP contribution in [-0.4, -0.2) is 37.0 Å². The number of rotatable bonds is 3. The van der Waals surface area contributed by atoms with E-state index in [0.29, 0.717) is 33.4 Å². The Kier molecular flexibility index (Phi) is 5.56. The van der Waals surface area contributed by atoms with E-state index >= 15 is 0 Å². The summed E-state index contributed by atoms with van der Waals surface area (Å²) in [6.45, 7) is 2.05. The lowest BCUT2D eigenvalue weighted by Gasteiger charge is -2.25. The third-order valence-electron chi connectivity index (χ3n) is 5.84. The van der Waals surface area contributed by atoms with Crippen LogP contribution >= 0.6 is 23.2 Å². The van der Waals surface area contributed by atoms with Gasteiger partial charge in [0.15, 0.2) is 12.0 Å². The zero-order valence-electron chi connectivity index (χ0n) is 17.6. The number of nitrogens with zero attached hydrogens (tertiary/aromatic N) is 4. The van der Waals surface area contributed by atoms with Gasteiger partial charge in [0, 0.05) is 28.4 Å². The molecule has 2 aromatic carbocycles. The Morgan fingerprint density at radius 3 is 2.45 bits per heavy atom. The first-order chi connectivity index (χ1) is 15.8. The lowest BCUT2D eigenvalue weighted by Crippen LogP contribution is -2.36. The number of hydrazone groups is 1. The highest BCUT2D eigenvalue weighted by atomic mass is 35.5. The number of halogens is 2. The number of pyridine rings is 1. The van der Waals surface area contributed by atoms with E-state index < -0.39 is 22.2 Å². The Morgan fingerprint density at radius 1 is 1.06 bits per heavy atom. The second-order valence-electron chi connectivity index (χ2n) is 8.03. The van der Waals surface area contributed by atoms with Crippen molar-refractivity contribution in [1.82, 2.24) is 4.98 Å². The van der Waals surface area contributed by atoms with Gasteiger partial charge in [-0.2, -0.15) is 5.10 Å². The summed E-state index contributed by atoms with van der Waals surface area (Å²) in [6, 6.07) is 15.2. The Balaban J connectivity index is 1.60. The average Bonchev–Trinajstić information content (AvgIpc) is 3.00. The maximum Gasteiger partial charge on any atom is 0.265 e.